The summed E-state index contributed by atoms with van der Waals surface area (Å²) in [5, 5.41) is 11.4. The third-order valence-corrected chi connectivity index (χ3v) is 8.51. The monoisotopic (exact) mass is 642 g/mol. The van der Waals surface area contributed by atoms with Crippen LogP contribution in [0.2, 0.25) is 0 Å². The fourth-order valence-electron chi connectivity index (χ4n) is 6.00. The van der Waals surface area contributed by atoms with E-state index in [-0.39, 0.29) is 5.95 Å². The molecule has 0 amide bonds. The number of piperidine rings is 1. The van der Waals surface area contributed by atoms with E-state index in [2.05, 4.69) is 70.8 Å². The summed E-state index contributed by atoms with van der Waals surface area (Å²) in [7, 11) is 1.63. The van der Waals surface area contributed by atoms with Gasteiger partial charge < -0.3 is 30.6 Å². The van der Waals surface area contributed by atoms with Gasteiger partial charge in [-0.3, -0.25) is 9.80 Å². The number of nitrogens with two attached hydrogens (primary N) is 1. The van der Waals surface area contributed by atoms with Gasteiger partial charge in [-0.1, -0.05) is 30.3 Å². The molecule has 47 heavy (non-hydrogen) atoms. The molecule has 0 unspecified atom stereocenters. The van der Waals surface area contributed by atoms with E-state index < -0.39 is 0 Å². The van der Waals surface area contributed by atoms with Crippen LogP contribution in [0, 0.1) is 6.92 Å². The average Bonchev–Trinajstić information content (AvgIpc) is 3.46. The highest BCUT2D eigenvalue weighted by atomic mass is 16.5. The Morgan fingerprint density at radius 2 is 1.72 bits per heavy atom. The Morgan fingerprint density at radius 3 is 2.51 bits per heavy atom. The molecule has 0 saturated carbocycles. The average molecular weight is 643 g/mol. The van der Waals surface area contributed by atoms with Crippen LogP contribution < -0.4 is 25.8 Å². The van der Waals surface area contributed by atoms with E-state index in [0.717, 1.165) is 89.7 Å². The number of methoxy groups -OCH3 is 1. The number of nitrogens with one attached hydrogen (secondary N) is 2. The summed E-state index contributed by atoms with van der Waals surface area (Å²) in [6.07, 6.45) is 4.12. The van der Waals surface area contributed by atoms with E-state index in [1.54, 1.807) is 7.11 Å². The predicted molar refractivity (Wildman–Crippen MR) is 183 cm³/mol. The Balaban J connectivity index is 1.02. The largest absolute Gasteiger partial charge is 0.493 e. The summed E-state index contributed by atoms with van der Waals surface area (Å²) in [5.41, 5.74) is 8.40. The molecular weight excluding hydrogens is 596 g/mol. The standard InChI is InChI=1S/C34H46N10O3/c1-25-36-31(38-27-12-15-43(16-13-27)24-26-8-4-3-5-9-26)23-32(37-25)44-33(35)40-34(41-44)39-28-10-11-29(30(22-28)45-2)47-19-7-6-14-42-17-20-46-21-18-42/h3-5,8-11,22-23,27H,6-7,12-21,24H2,1-2H3,(H,36,37,38)(H3,35,39,40,41). The molecule has 2 aromatic heterocycles. The van der Waals surface area contributed by atoms with Crippen molar-refractivity contribution in [2.75, 3.05) is 76.0 Å². The van der Waals surface area contributed by atoms with E-state index in [0.29, 0.717) is 41.7 Å². The van der Waals surface area contributed by atoms with Crippen molar-refractivity contribution < 1.29 is 14.2 Å². The van der Waals surface area contributed by atoms with E-state index in [4.69, 9.17) is 19.9 Å². The van der Waals surface area contributed by atoms with Gasteiger partial charge in [-0.25, -0.2) is 9.97 Å². The molecule has 6 rings (SSSR count). The van der Waals surface area contributed by atoms with Gasteiger partial charge in [0.2, 0.25) is 11.9 Å². The number of nitrogen functional groups attached to an aromatic ring is 1. The number of hydrogen-bond acceptors (Lipinski definition) is 12. The number of nitrogens with zero attached hydrogens (tertiary/aromatic N) is 7. The van der Waals surface area contributed by atoms with Crippen molar-refractivity contribution in [1.29, 1.82) is 0 Å². The lowest BCUT2D eigenvalue weighted by atomic mass is 10.0. The number of aromatic nitrogens is 5. The zero-order valence-electron chi connectivity index (χ0n) is 27.4. The molecule has 0 bridgehead atoms. The van der Waals surface area contributed by atoms with Crippen LogP contribution in [-0.2, 0) is 11.3 Å². The smallest absolute Gasteiger partial charge is 0.248 e. The maximum Gasteiger partial charge on any atom is 0.248 e. The lowest BCUT2D eigenvalue weighted by Gasteiger charge is -2.32. The molecular formula is C34H46N10O3. The zero-order chi connectivity index (χ0) is 32.4. The molecule has 0 aliphatic carbocycles. The highest BCUT2D eigenvalue weighted by molar-refractivity contribution is 5.60. The molecule has 2 aromatic carbocycles. The van der Waals surface area contributed by atoms with E-state index in [9.17, 15) is 0 Å². The summed E-state index contributed by atoms with van der Waals surface area (Å²) in [4.78, 5) is 18.6. The molecule has 0 spiro atoms. The first kappa shape index (κ1) is 32.5. The molecule has 0 radical (unpaired) electrons. The second-order valence-corrected chi connectivity index (χ2v) is 12.0. The third-order valence-electron chi connectivity index (χ3n) is 8.51. The quantitative estimate of drug-likeness (QED) is 0.169. The number of aryl methyl sites for hydroxylation is 1. The van der Waals surface area contributed by atoms with Crippen molar-refractivity contribution in [2.45, 2.75) is 45.2 Å². The van der Waals surface area contributed by atoms with Crippen LogP contribution in [0.4, 0.5) is 23.4 Å². The van der Waals surface area contributed by atoms with E-state index in [1.165, 1.54) is 10.2 Å². The predicted octanol–water partition coefficient (Wildman–Crippen LogP) is 4.27. The molecule has 250 valence electrons. The number of benzene rings is 2. The van der Waals surface area contributed by atoms with Gasteiger partial charge in [0, 0.05) is 56.6 Å². The molecule has 0 atom stereocenters. The molecule has 2 aliphatic rings. The minimum Gasteiger partial charge on any atom is -0.493 e. The van der Waals surface area contributed by atoms with Crippen LogP contribution in [0.25, 0.3) is 5.82 Å². The Morgan fingerprint density at radius 1 is 0.915 bits per heavy atom. The SMILES string of the molecule is COc1cc(Nc2nc(N)n(-c3cc(NC4CCN(Cc5ccccc5)CC4)nc(C)n3)n2)ccc1OCCCCN1CCOCC1. The van der Waals surface area contributed by atoms with Gasteiger partial charge in [0.1, 0.15) is 11.6 Å². The van der Waals surface area contributed by atoms with Gasteiger partial charge in [-0.05, 0) is 56.8 Å². The van der Waals surface area contributed by atoms with Gasteiger partial charge in [0.05, 0.1) is 26.9 Å². The molecule has 4 heterocycles. The van der Waals surface area contributed by atoms with Gasteiger partial charge in [-0.2, -0.15) is 9.67 Å². The highest BCUT2D eigenvalue weighted by Crippen LogP contribution is 2.31. The molecule has 13 heteroatoms. The van der Waals surface area contributed by atoms with Crippen molar-refractivity contribution in [2.24, 2.45) is 0 Å². The summed E-state index contributed by atoms with van der Waals surface area (Å²) in [6.45, 7) is 10.3. The summed E-state index contributed by atoms with van der Waals surface area (Å²) < 4.78 is 18.6. The van der Waals surface area contributed by atoms with E-state index >= 15 is 0 Å². The number of unbranched alkanes of at least 4 members (excludes halogenated alkanes) is 1. The normalized spacial score (nSPS) is 16.2. The van der Waals surface area contributed by atoms with Gasteiger partial charge >= 0.3 is 0 Å². The first-order chi connectivity index (χ1) is 23.0. The molecule has 4 aromatic rings. The first-order valence-electron chi connectivity index (χ1n) is 16.5. The summed E-state index contributed by atoms with van der Waals surface area (Å²) >= 11 is 0. The van der Waals surface area contributed by atoms with Gasteiger partial charge in [0.25, 0.3) is 0 Å². The van der Waals surface area contributed by atoms with Gasteiger partial charge in [0.15, 0.2) is 17.3 Å². The van der Waals surface area contributed by atoms with Crippen molar-refractivity contribution in [3.63, 3.8) is 0 Å². The second kappa shape index (κ2) is 15.9. The topological polar surface area (TPSA) is 141 Å². The Kier molecular flexibility index (Phi) is 11.0. The summed E-state index contributed by atoms with van der Waals surface area (Å²) in [5.74, 6) is 3.81. The van der Waals surface area contributed by atoms with Crippen LogP contribution in [-0.4, -0.2) is 100 Å². The number of anilines is 4. The first-order valence-corrected chi connectivity index (χ1v) is 16.5. The van der Waals surface area contributed by atoms with Crippen molar-refractivity contribution in [3.05, 3.63) is 66.0 Å². The molecule has 2 saturated heterocycles. The lowest BCUT2D eigenvalue weighted by Crippen LogP contribution is -2.38. The maximum atomic E-state index is 6.31. The second-order valence-electron chi connectivity index (χ2n) is 12.0. The minimum absolute atomic E-state index is 0.217. The van der Waals surface area contributed by atoms with Crippen LogP contribution in [0.5, 0.6) is 11.5 Å². The lowest BCUT2D eigenvalue weighted by molar-refractivity contribution is 0.0368. The number of ether oxygens (including phenoxy) is 3. The third kappa shape index (κ3) is 9.09. The number of rotatable bonds is 14. The Bertz CT molecular complexity index is 1570. The molecule has 4 N–H and O–H groups in total. The van der Waals surface area contributed by atoms with Crippen LogP contribution >= 0.6 is 0 Å². The fraction of sp³-hybridized carbons (Fsp3) is 0.471. The molecule has 13 nitrogen and oxygen atoms in total. The van der Waals surface area contributed by atoms with Crippen molar-refractivity contribution in [1.82, 2.24) is 34.5 Å². The molecule has 2 aliphatic heterocycles. The number of morpholine rings is 1. The van der Waals surface area contributed by atoms with Gasteiger partial charge in [-0.15, -0.1) is 5.10 Å². The number of hydrogen-bond donors (Lipinski definition) is 3. The maximum absolute atomic E-state index is 6.31. The summed E-state index contributed by atoms with van der Waals surface area (Å²) in [6, 6.07) is 18.5. The fourth-order valence-corrected chi connectivity index (χ4v) is 6.00. The van der Waals surface area contributed by atoms with Crippen molar-refractivity contribution in [3.8, 4) is 17.3 Å². The van der Waals surface area contributed by atoms with Crippen LogP contribution in [0.3, 0.4) is 0 Å². The van der Waals surface area contributed by atoms with Crippen molar-refractivity contribution >= 4 is 23.4 Å². The van der Waals surface area contributed by atoms with E-state index in [1.807, 2.05) is 31.2 Å². The molecule has 2 fully saturated rings. The highest BCUT2D eigenvalue weighted by Gasteiger charge is 2.21. The minimum atomic E-state index is 0.217. The van der Waals surface area contributed by atoms with Crippen LogP contribution in [0.15, 0.2) is 54.6 Å². The Hall–Kier alpha value is -4.46. The Labute approximate surface area is 276 Å². The zero-order valence-corrected chi connectivity index (χ0v) is 27.4. The number of likely N-dealkylation sites (tertiary alicyclic amines) is 1. The van der Waals surface area contributed by atoms with Crippen LogP contribution in [0.1, 0.15) is 37.1 Å².